The van der Waals surface area contributed by atoms with Crippen LogP contribution >= 0.6 is 0 Å². The van der Waals surface area contributed by atoms with Crippen LogP contribution in [-0.2, 0) is 4.74 Å². The monoisotopic (exact) mass is 413 g/mol. The molecule has 1 aliphatic heterocycles. The summed E-state index contributed by atoms with van der Waals surface area (Å²) in [5.41, 5.74) is 4.27. The number of hydrogen-bond acceptors (Lipinski definition) is 6. The van der Waals surface area contributed by atoms with Crippen molar-refractivity contribution in [3.8, 4) is 11.1 Å². The highest BCUT2D eigenvalue weighted by Gasteiger charge is 2.23. The number of para-hydroxylation sites is 1. The largest absolute Gasteiger partial charge is 0.379 e. The van der Waals surface area contributed by atoms with Crippen LogP contribution in [0.1, 0.15) is 17.3 Å². The van der Waals surface area contributed by atoms with Crippen LogP contribution in [0, 0.1) is 0 Å². The van der Waals surface area contributed by atoms with Gasteiger partial charge < -0.3 is 4.74 Å². The first-order chi connectivity index (χ1) is 15.2. The minimum Gasteiger partial charge on any atom is -0.379 e. The van der Waals surface area contributed by atoms with Crippen molar-refractivity contribution in [2.75, 3.05) is 31.3 Å². The van der Waals surface area contributed by atoms with Crippen LogP contribution in [0.25, 0.3) is 16.8 Å². The topological polar surface area (TPSA) is 63.0 Å². The highest BCUT2D eigenvalue weighted by atomic mass is 16.5. The number of hydrogen-bond donors (Lipinski definition) is 0. The SMILES string of the molecule is CC(=O)c1cccc(-c2cnn3ccc(N(c4ccccc4)N4CCOCC4)nc23)c1. The number of aromatic nitrogens is 3. The summed E-state index contributed by atoms with van der Waals surface area (Å²) in [5.74, 6) is 0.847. The summed E-state index contributed by atoms with van der Waals surface area (Å²) in [6.45, 7) is 4.51. The van der Waals surface area contributed by atoms with Gasteiger partial charge in [-0.25, -0.2) is 14.5 Å². The third-order valence-electron chi connectivity index (χ3n) is 5.42. The molecule has 1 aliphatic rings. The third-order valence-corrected chi connectivity index (χ3v) is 5.42. The molecule has 31 heavy (non-hydrogen) atoms. The molecule has 0 N–H and O–H groups in total. The van der Waals surface area contributed by atoms with Crippen LogP contribution in [-0.4, -0.2) is 51.7 Å². The number of rotatable bonds is 5. The van der Waals surface area contributed by atoms with Crippen molar-refractivity contribution in [3.63, 3.8) is 0 Å². The van der Waals surface area contributed by atoms with E-state index < -0.39 is 0 Å². The average molecular weight is 413 g/mol. The van der Waals surface area contributed by atoms with Gasteiger partial charge in [0.25, 0.3) is 0 Å². The molecule has 0 aliphatic carbocycles. The van der Waals surface area contributed by atoms with E-state index >= 15 is 0 Å². The van der Waals surface area contributed by atoms with Gasteiger partial charge in [-0.05, 0) is 30.7 Å². The number of anilines is 2. The maximum atomic E-state index is 11.8. The summed E-state index contributed by atoms with van der Waals surface area (Å²) >= 11 is 0. The zero-order chi connectivity index (χ0) is 21.2. The molecule has 0 atom stereocenters. The van der Waals surface area contributed by atoms with E-state index in [1.165, 1.54) is 0 Å². The van der Waals surface area contributed by atoms with E-state index in [4.69, 9.17) is 9.72 Å². The zero-order valence-corrected chi connectivity index (χ0v) is 17.3. The van der Waals surface area contributed by atoms with Crippen LogP contribution in [0.4, 0.5) is 11.5 Å². The quantitative estimate of drug-likeness (QED) is 0.461. The van der Waals surface area contributed by atoms with Crippen LogP contribution in [0.15, 0.2) is 73.1 Å². The summed E-state index contributed by atoms with van der Waals surface area (Å²) in [6.07, 6.45) is 3.72. The second kappa shape index (κ2) is 8.29. The van der Waals surface area contributed by atoms with Gasteiger partial charge in [-0.3, -0.25) is 9.80 Å². The standard InChI is InChI=1S/C24H23N5O2/c1-18(30)19-6-5-7-20(16-19)22-17-25-28-11-10-23(26-24(22)28)29(21-8-3-2-4-9-21)27-12-14-31-15-13-27/h2-11,16-17H,12-15H2,1H3. The predicted octanol–water partition coefficient (Wildman–Crippen LogP) is 3.98. The summed E-state index contributed by atoms with van der Waals surface area (Å²) < 4.78 is 7.32. The average Bonchev–Trinajstić information content (AvgIpc) is 3.24. The van der Waals surface area contributed by atoms with E-state index in [-0.39, 0.29) is 5.78 Å². The molecular formula is C24H23N5O2. The number of carbonyl (C=O) groups is 1. The van der Waals surface area contributed by atoms with Gasteiger partial charge in [0.1, 0.15) is 0 Å². The Bertz CT molecular complexity index is 1220. The molecule has 2 aromatic carbocycles. The molecule has 0 radical (unpaired) electrons. The number of carbonyl (C=O) groups excluding carboxylic acids is 1. The molecule has 0 unspecified atom stereocenters. The van der Waals surface area contributed by atoms with Crippen molar-refractivity contribution in [1.29, 1.82) is 0 Å². The Balaban J connectivity index is 1.61. The maximum Gasteiger partial charge on any atom is 0.165 e. The second-order valence-corrected chi connectivity index (χ2v) is 7.46. The molecule has 0 amide bonds. The van der Waals surface area contributed by atoms with Crippen molar-refractivity contribution in [3.05, 3.63) is 78.6 Å². The number of morpholine rings is 1. The molecule has 7 nitrogen and oxygen atoms in total. The molecule has 1 fully saturated rings. The highest BCUT2D eigenvalue weighted by Crippen LogP contribution is 2.30. The number of hydrazine groups is 1. The number of Topliss-reactive ketones (excluding diaryl/α,β-unsaturated/α-hetero) is 1. The molecule has 156 valence electrons. The van der Waals surface area contributed by atoms with Gasteiger partial charge in [0.05, 0.1) is 25.1 Å². The van der Waals surface area contributed by atoms with Crippen molar-refractivity contribution in [2.45, 2.75) is 6.92 Å². The minimum atomic E-state index is 0.0366. The Labute approximate surface area is 180 Å². The van der Waals surface area contributed by atoms with E-state index in [9.17, 15) is 4.79 Å². The summed E-state index contributed by atoms with van der Waals surface area (Å²) in [6, 6.07) is 19.8. The summed E-state index contributed by atoms with van der Waals surface area (Å²) in [5, 5.41) is 8.87. The lowest BCUT2D eigenvalue weighted by molar-refractivity contribution is 0.0375. The molecule has 1 saturated heterocycles. The second-order valence-electron chi connectivity index (χ2n) is 7.46. The van der Waals surface area contributed by atoms with Crippen LogP contribution in [0.2, 0.25) is 0 Å². The van der Waals surface area contributed by atoms with Gasteiger partial charge >= 0.3 is 0 Å². The summed E-state index contributed by atoms with van der Waals surface area (Å²) in [7, 11) is 0. The first-order valence-corrected chi connectivity index (χ1v) is 10.3. The zero-order valence-electron chi connectivity index (χ0n) is 17.3. The first-order valence-electron chi connectivity index (χ1n) is 10.3. The van der Waals surface area contributed by atoms with Gasteiger partial charge in [0, 0.05) is 36.5 Å². The lowest BCUT2D eigenvalue weighted by Gasteiger charge is -2.38. The lowest BCUT2D eigenvalue weighted by atomic mass is 10.0. The minimum absolute atomic E-state index is 0.0366. The van der Waals surface area contributed by atoms with Gasteiger partial charge in [-0.2, -0.15) is 5.10 Å². The fourth-order valence-electron chi connectivity index (χ4n) is 3.85. The number of benzene rings is 2. The Morgan fingerprint density at radius 3 is 2.61 bits per heavy atom. The maximum absolute atomic E-state index is 11.8. The molecule has 3 heterocycles. The molecular weight excluding hydrogens is 390 g/mol. The lowest BCUT2D eigenvalue weighted by Crippen LogP contribution is -2.47. The predicted molar refractivity (Wildman–Crippen MR) is 119 cm³/mol. The van der Waals surface area contributed by atoms with E-state index in [0.717, 1.165) is 41.4 Å². The Morgan fingerprint density at radius 1 is 1.03 bits per heavy atom. The van der Waals surface area contributed by atoms with Crippen LogP contribution < -0.4 is 5.01 Å². The highest BCUT2D eigenvalue weighted by molar-refractivity contribution is 5.95. The van der Waals surface area contributed by atoms with E-state index in [2.05, 4.69) is 27.2 Å². The molecule has 4 aromatic rings. The van der Waals surface area contributed by atoms with Crippen molar-refractivity contribution < 1.29 is 9.53 Å². The van der Waals surface area contributed by atoms with Crippen molar-refractivity contribution in [1.82, 2.24) is 19.6 Å². The Morgan fingerprint density at radius 2 is 1.84 bits per heavy atom. The Kier molecular flexibility index (Phi) is 5.19. The van der Waals surface area contributed by atoms with Gasteiger partial charge in [0.2, 0.25) is 0 Å². The first kappa shape index (κ1) is 19.4. The van der Waals surface area contributed by atoms with Crippen molar-refractivity contribution >= 4 is 22.9 Å². The molecule has 7 heteroatoms. The van der Waals surface area contributed by atoms with Crippen LogP contribution in [0.5, 0.6) is 0 Å². The van der Waals surface area contributed by atoms with Gasteiger partial charge in [-0.1, -0.05) is 36.4 Å². The third kappa shape index (κ3) is 3.81. The normalized spacial score (nSPS) is 14.6. The van der Waals surface area contributed by atoms with E-state index in [1.807, 2.05) is 54.7 Å². The summed E-state index contributed by atoms with van der Waals surface area (Å²) in [4.78, 5) is 16.8. The molecule has 0 bridgehead atoms. The van der Waals surface area contributed by atoms with Crippen LogP contribution in [0.3, 0.4) is 0 Å². The van der Waals surface area contributed by atoms with Gasteiger partial charge in [0.15, 0.2) is 17.2 Å². The fraction of sp³-hybridized carbons (Fsp3) is 0.208. The smallest absolute Gasteiger partial charge is 0.165 e. The molecule has 0 saturated carbocycles. The number of ether oxygens (including phenoxy) is 1. The Hall–Kier alpha value is -3.55. The molecule has 0 spiro atoms. The molecule has 2 aromatic heterocycles. The fourth-order valence-corrected chi connectivity index (χ4v) is 3.85. The number of fused-ring (bicyclic) bond motifs is 1. The van der Waals surface area contributed by atoms with Crippen molar-refractivity contribution in [2.24, 2.45) is 0 Å². The number of nitrogens with zero attached hydrogens (tertiary/aromatic N) is 5. The van der Waals surface area contributed by atoms with E-state index in [1.54, 1.807) is 17.6 Å². The molecule has 5 rings (SSSR count). The van der Waals surface area contributed by atoms with E-state index in [0.29, 0.717) is 18.8 Å². The van der Waals surface area contributed by atoms with Gasteiger partial charge in [-0.15, -0.1) is 0 Å². The number of ketones is 1.